The van der Waals surface area contributed by atoms with Crippen LogP contribution >= 0.6 is 0 Å². The molecular formula is C12H26N2. The van der Waals surface area contributed by atoms with E-state index in [-0.39, 0.29) is 5.54 Å². The van der Waals surface area contributed by atoms with Gasteiger partial charge in [-0.25, -0.2) is 0 Å². The highest BCUT2D eigenvalue weighted by atomic mass is 15.3. The van der Waals surface area contributed by atoms with Crippen LogP contribution in [0.25, 0.3) is 0 Å². The van der Waals surface area contributed by atoms with E-state index in [0.29, 0.717) is 6.04 Å². The minimum Gasteiger partial charge on any atom is -0.290 e. The van der Waals surface area contributed by atoms with Gasteiger partial charge < -0.3 is 0 Å². The van der Waals surface area contributed by atoms with Gasteiger partial charge in [0, 0.05) is 11.6 Å². The lowest BCUT2D eigenvalue weighted by atomic mass is 10.0. The molecule has 0 aromatic heterocycles. The van der Waals surface area contributed by atoms with E-state index < -0.39 is 0 Å². The Kier molecular flexibility index (Phi) is 3.96. The normalized spacial score (nSPS) is 19.9. The predicted molar refractivity (Wildman–Crippen MR) is 62.4 cm³/mol. The highest BCUT2D eigenvalue weighted by Crippen LogP contribution is 2.19. The zero-order valence-electron chi connectivity index (χ0n) is 10.5. The fourth-order valence-corrected chi connectivity index (χ4v) is 2.29. The summed E-state index contributed by atoms with van der Waals surface area (Å²) in [6, 6.07) is 0.635. The van der Waals surface area contributed by atoms with Gasteiger partial charge in [-0.05, 0) is 60.5 Å². The first kappa shape index (κ1) is 12.0. The molecule has 1 aliphatic heterocycles. The molecule has 14 heavy (non-hydrogen) atoms. The van der Waals surface area contributed by atoms with Crippen LogP contribution in [0.4, 0.5) is 0 Å². The van der Waals surface area contributed by atoms with Gasteiger partial charge in [0.1, 0.15) is 0 Å². The second-order valence-electron chi connectivity index (χ2n) is 5.70. The molecule has 1 fully saturated rings. The Morgan fingerprint density at radius 3 is 2.00 bits per heavy atom. The Labute approximate surface area is 89.3 Å². The van der Waals surface area contributed by atoms with Gasteiger partial charge in [0.05, 0.1) is 6.67 Å². The molecule has 0 aromatic rings. The van der Waals surface area contributed by atoms with Crippen LogP contribution in [0.15, 0.2) is 0 Å². The number of nitrogens with zero attached hydrogens (tertiary/aromatic N) is 2. The second kappa shape index (κ2) is 4.63. The molecule has 0 radical (unpaired) electrons. The maximum absolute atomic E-state index is 2.58. The van der Waals surface area contributed by atoms with Crippen molar-refractivity contribution in [3.05, 3.63) is 0 Å². The Balaban J connectivity index is 2.50. The van der Waals surface area contributed by atoms with Crippen molar-refractivity contribution in [3.8, 4) is 0 Å². The molecule has 2 heteroatoms. The van der Waals surface area contributed by atoms with Gasteiger partial charge in [-0.3, -0.25) is 9.80 Å². The molecule has 2 nitrogen and oxygen atoms in total. The zero-order chi connectivity index (χ0) is 10.8. The van der Waals surface area contributed by atoms with Crippen LogP contribution in [0.1, 0.15) is 47.5 Å². The molecule has 0 aliphatic carbocycles. The Morgan fingerprint density at radius 1 is 1.14 bits per heavy atom. The van der Waals surface area contributed by atoms with Gasteiger partial charge in [0.2, 0.25) is 0 Å². The first-order valence-electron chi connectivity index (χ1n) is 5.90. The van der Waals surface area contributed by atoms with Crippen molar-refractivity contribution in [1.29, 1.82) is 0 Å². The van der Waals surface area contributed by atoms with E-state index in [1.165, 1.54) is 25.9 Å². The lowest BCUT2D eigenvalue weighted by molar-refractivity contribution is 0.0397. The number of hydrogen-bond donors (Lipinski definition) is 0. The van der Waals surface area contributed by atoms with Crippen molar-refractivity contribution >= 4 is 0 Å². The highest BCUT2D eigenvalue weighted by molar-refractivity contribution is 4.80. The SMILES string of the molecule is CC(C)N(CN1CCCC1)C(C)(C)C. The number of hydrogen-bond acceptors (Lipinski definition) is 2. The summed E-state index contributed by atoms with van der Waals surface area (Å²) in [4.78, 5) is 5.16. The van der Waals surface area contributed by atoms with Gasteiger partial charge in [-0.1, -0.05) is 0 Å². The van der Waals surface area contributed by atoms with Crippen LogP contribution in [0, 0.1) is 0 Å². The summed E-state index contributed by atoms with van der Waals surface area (Å²) in [6.45, 7) is 15.2. The molecule has 1 heterocycles. The smallest absolute Gasteiger partial charge is 0.0513 e. The predicted octanol–water partition coefficient (Wildman–Crippen LogP) is 2.55. The molecule has 0 aromatic carbocycles. The fourth-order valence-electron chi connectivity index (χ4n) is 2.29. The molecule has 0 amide bonds. The average Bonchev–Trinajstić information content (AvgIpc) is 2.48. The molecule has 0 spiro atoms. The van der Waals surface area contributed by atoms with Crippen LogP contribution in [0.3, 0.4) is 0 Å². The molecule has 0 N–H and O–H groups in total. The molecule has 1 aliphatic rings. The zero-order valence-corrected chi connectivity index (χ0v) is 10.5. The van der Waals surface area contributed by atoms with Crippen molar-refractivity contribution in [2.75, 3.05) is 19.8 Å². The standard InChI is InChI=1S/C12H26N2/c1-11(2)14(12(3,4)5)10-13-8-6-7-9-13/h11H,6-10H2,1-5H3. The van der Waals surface area contributed by atoms with Gasteiger partial charge in [0.25, 0.3) is 0 Å². The third-order valence-electron chi connectivity index (χ3n) is 3.04. The molecule has 0 unspecified atom stereocenters. The van der Waals surface area contributed by atoms with Gasteiger partial charge in [-0.2, -0.15) is 0 Å². The minimum absolute atomic E-state index is 0.288. The van der Waals surface area contributed by atoms with Crippen LogP contribution in [0.2, 0.25) is 0 Å². The first-order chi connectivity index (χ1) is 6.41. The molecule has 84 valence electrons. The van der Waals surface area contributed by atoms with Crippen molar-refractivity contribution in [2.45, 2.75) is 59.0 Å². The Morgan fingerprint density at radius 2 is 1.64 bits per heavy atom. The molecule has 0 bridgehead atoms. The van der Waals surface area contributed by atoms with E-state index >= 15 is 0 Å². The fraction of sp³-hybridized carbons (Fsp3) is 1.00. The van der Waals surface area contributed by atoms with E-state index in [1.807, 2.05) is 0 Å². The topological polar surface area (TPSA) is 6.48 Å². The quantitative estimate of drug-likeness (QED) is 0.687. The molecule has 0 atom stereocenters. The van der Waals surface area contributed by atoms with Gasteiger partial charge in [0.15, 0.2) is 0 Å². The van der Waals surface area contributed by atoms with Crippen LogP contribution < -0.4 is 0 Å². The summed E-state index contributed by atoms with van der Waals surface area (Å²) in [7, 11) is 0. The summed E-state index contributed by atoms with van der Waals surface area (Å²) in [5.74, 6) is 0. The summed E-state index contributed by atoms with van der Waals surface area (Å²) in [5, 5.41) is 0. The maximum Gasteiger partial charge on any atom is 0.0513 e. The number of rotatable bonds is 3. The van der Waals surface area contributed by atoms with E-state index in [4.69, 9.17) is 0 Å². The molecule has 1 saturated heterocycles. The van der Waals surface area contributed by atoms with Crippen molar-refractivity contribution < 1.29 is 0 Å². The third kappa shape index (κ3) is 3.25. The summed E-state index contributed by atoms with van der Waals surface area (Å²) in [6.07, 6.45) is 2.77. The second-order valence-corrected chi connectivity index (χ2v) is 5.70. The van der Waals surface area contributed by atoms with Gasteiger partial charge in [-0.15, -0.1) is 0 Å². The lowest BCUT2D eigenvalue weighted by Crippen LogP contribution is -2.50. The summed E-state index contributed by atoms with van der Waals surface area (Å²) in [5.41, 5.74) is 0.288. The largest absolute Gasteiger partial charge is 0.290 e. The van der Waals surface area contributed by atoms with Crippen LogP contribution in [-0.2, 0) is 0 Å². The number of likely N-dealkylation sites (tertiary alicyclic amines) is 1. The van der Waals surface area contributed by atoms with Crippen LogP contribution in [0.5, 0.6) is 0 Å². The van der Waals surface area contributed by atoms with E-state index in [2.05, 4.69) is 44.4 Å². The van der Waals surface area contributed by atoms with Crippen molar-refractivity contribution in [3.63, 3.8) is 0 Å². The Bertz CT molecular complexity index is 164. The minimum atomic E-state index is 0.288. The van der Waals surface area contributed by atoms with E-state index in [9.17, 15) is 0 Å². The van der Waals surface area contributed by atoms with Crippen LogP contribution in [-0.4, -0.2) is 41.1 Å². The monoisotopic (exact) mass is 198 g/mol. The lowest BCUT2D eigenvalue weighted by Gasteiger charge is -2.41. The summed E-state index contributed by atoms with van der Waals surface area (Å²) >= 11 is 0. The molecular weight excluding hydrogens is 172 g/mol. The van der Waals surface area contributed by atoms with Crippen molar-refractivity contribution in [2.24, 2.45) is 0 Å². The van der Waals surface area contributed by atoms with Gasteiger partial charge >= 0.3 is 0 Å². The van der Waals surface area contributed by atoms with E-state index in [0.717, 1.165) is 6.67 Å². The summed E-state index contributed by atoms with van der Waals surface area (Å²) < 4.78 is 0. The molecule has 0 saturated carbocycles. The highest BCUT2D eigenvalue weighted by Gasteiger charge is 2.26. The Hall–Kier alpha value is -0.0800. The first-order valence-corrected chi connectivity index (χ1v) is 5.90. The van der Waals surface area contributed by atoms with Crippen molar-refractivity contribution in [1.82, 2.24) is 9.80 Å². The maximum atomic E-state index is 2.58. The average molecular weight is 198 g/mol. The van der Waals surface area contributed by atoms with E-state index in [1.54, 1.807) is 0 Å². The third-order valence-corrected chi connectivity index (χ3v) is 3.04. The molecule has 1 rings (SSSR count).